The minimum absolute atomic E-state index is 0.0461. The topological polar surface area (TPSA) is 78.1 Å². The molecule has 1 aliphatic heterocycles. The summed E-state index contributed by atoms with van der Waals surface area (Å²) < 4.78 is 14.9. The Morgan fingerprint density at radius 2 is 1.97 bits per heavy atom. The highest BCUT2D eigenvalue weighted by atomic mass is 32.1. The third-order valence-corrected chi connectivity index (χ3v) is 7.90. The molecule has 0 saturated carbocycles. The average molecular weight is 483 g/mol. The van der Waals surface area contributed by atoms with Crippen molar-refractivity contribution in [3.63, 3.8) is 0 Å². The lowest BCUT2D eigenvalue weighted by Gasteiger charge is -2.31. The van der Waals surface area contributed by atoms with E-state index in [1.807, 2.05) is 16.3 Å². The van der Waals surface area contributed by atoms with Crippen LogP contribution in [-0.4, -0.2) is 35.5 Å². The van der Waals surface area contributed by atoms with Crippen molar-refractivity contribution in [1.29, 1.82) is 0 Å². The van der Waals surface area contributed by atoms with Gasteiger partial charge in [-0.3, -0.25) is 14.6 Å². The number of benzene rings is 1. The molecule has 1 fully saturated rings. The number of hydrogen-bond donors (Lipinski definition) is 2. The molecule has 5 rings (SSSR count). The molecule has 0 bridgehead atoms. The van der Waals surface area contributed by atoms with Crippen LogP contribution in [0.25, 0.3) is 21.3 Å². The number of thiophene rings is 2. The minimum Gasteiger partial charge on any atom is -0.355 e. The van der Waals surface area contributed by atoms with Crippen LogP contribution in [0.1, 0.15) is 17.7 Å². The number of aromatic nitrogens is 2. The van der Waals surface area contributed by atoms with Gasteiger partial charge in [-0.05, 0) is 36.8 Å². The van der Waals surface area contributed by atoms with Crippen molar-refractivity contribution in [2.45, 2.75) is 19.3 Å². The summed E-state index contributed by atoms with van der Waals surface area (Å²) in [7, 11) is 0. The van der Waals surface area contributed by atoms with Crippen LogP contribution in [0.5, 0.6) is 0 Å². The van der Waals surface area contributed by atoms with Crippen LogP contribution in [0.2, 0.25) is 0 Å². The molecule has 6 nitrogen and oxygen atoms in total. The summed E-state index contributed by atoms with van der Waals surface area (Å²) in [4.78, 5) is 36.1. The lowest BCUT2D eigenvalue weighted by Crippen LogP contribution is -2.42. The Hall–Kier alpha value is -3.04. The monoisotopic (exact) mass is 482 g/mol. The zero-order chi connectivity index (χ0) is 22.8. The standard InChI is InChI=1S/C24H23FN4O2S2/c25-19-6-2-1-5-17(19)18-14-33-21-20(18)27-24(28-23(21)31)29-11-8-15(9-12-29)22(30)26-10-7-16-4-3-13-32-16/h1-6,13-15H,7-12H2,(H,26,30)(H,27,28,31). The maximum absolute atomic E-state index is 14.4. The Labute approximate surface area is 198 Å². The molecule has 170 valence electrons. The number of piperidine rings is 1. The van der Waals surface area contributed by atoms with Gasteiger partial charge in [-0.15, -0.1) is 22.7 Å². The van der Waals surface area contributed by atoms with Gasteiger partial charge in [0.05, 0.1) is 5.52 Å². The first-order chi connectivity index (χ1) is 16.1. The van der Waals surface area contributed by atoms with Gasteiger partial charge in [-0.1, -0.05) is 24.3 Å². The van der Waals surface area contributed by atoms with E-state index in [0.717, 1.165) is 6.42 Å². The lowest BCUT2D eigenvalue weighted by molar-refractivity contribution is -0.125. The number of nitrogens with zero attached hydrogens (tertiary/aromatic N) is 2. The molecule has 0 spiro atoms. The smallest absolute Gasteiger partial charge is 0.270 e. The molecule has 2 N–H and O–H groups in total. The zero-order valence-electron chi connectivity index (χ0n) is 17.8. The Kier molecular flexibility index (Phi) is 6.24. The molecule has 3 aromatic heterocycles. The molecular weight excluding hydrogens is 459 g/mol. The highest BCUT2D eigenvalue weighted by Crippen LogP contribution is 2.33. The fraction of sp³-hybridized carbons (Fsp3) is 0.292. The fourth-order valence-corrected chi connectivity index (χ4v) is 5.81. The molecule has 1 aromatic carbocycles. The number of hydrogen-bond acceptors (Lipinski definition) is 6. The Morgan fingerprint density at radius 1 is 1.15 bits per heavy atom. The number of aromatic amines is 1. The second-order valence-corrected chi connectivity index (χ2v) is 9.99. The van der Waals surface area contributed by atoms with Crippen molar-refractivity contribution in [2.75, 3.05) is 24.5 Å². The molecule has 0 unspecified atom stereocenters. The number of carbonyl (C=O) groups excluding carboxylic acids is 1. The highest BCUT2D eigenvalue weighted by Gasteiger charge is 2.26. The van der Waals surface area contributed by atoms with Crippen LogP contribution in [0.15, 0.2) is 52.0 Å². The number of fused-ring (bicyclic) bond motifs is 1. The first kappa shape index (κ1) is 21.8. The molecule has 9 heteroatoms. The third kappa shape index (κ3) is 4.56. The van der Waals surface area contributed by atoms with Gasteiger partial charge >= 0.3 is 0 Å². The van der Waals surface area contributed by atoms with Gasteiger partial charge in [0, 0.05) is 46.9 Å². The van der Waals surface area contributed by atoms with E-state index in [2.05, 4.69) is 16.4 Å². The van der Waals surface area contributed by atoms with Crippen LogP contribution < -0.4 is 15.8 Å². The van der Waals surface area contributed by atoms with Gasteiger partial charge in [0.15, 0.2) is 0 Å². The molecule has 4 heterocycles. The van der Waals surface area contributed by atoms with Gasteiger partial charge in [-0.25, -0.2) is 9.37 Å². The fourth-order valence-electron chi connectivity index (χ4n) is 4.20. The van der Waals surface area contributed by atoms with Gasteiger partial charge in [-0.2, -0.15) is 0 Å². The van der Waals surface area contributed by atoms with E-state index in [4.69, 9.17) is 4.98 Å². The number of carbonyl (C=O) groups is 1. The molecule has 0 atom stereocenters. The second kappa shape index (κ2) is 9.44. The van der Waals surface area contributed by atoms with E-state index in [1.165, 1.54) is 22.3 Å². The molecule has 0 aliphatic carbocycles. The predicted molar refractivity (Wildman–Crippen MR) is 132 cm³/mol. The van der Waals surface area contributed by atoms with Crippen molar-refractivity contribution < 1.29 is 9.18 Å². The van der Waals surface area contributed by atoms with E-state index in [1.54, 1.807) is 34.9 Å². The van der Waals surface area contributed by atoms with Crippen molar-refractivity contribution in [2.24, 2.45) is 5.92 Å². The largest absolute Gasteiger partial charge is 0.355 e. The lowest BCUT2D eigenvalue weighted by atomic mass is 9.96. The zero-order valence-corrected chi connectivity index (χ0v) is 19.5. The van der Waals surface area contributed by atoms with Gasteiger partial charge < -0.3 is 10.2 Å². The summed E-state index contributed by atoms with van der Waals surface area (Å²) in [6.45, 7) is 1.88. The van der Waals surface area contributed by atoms with Gasteiger partial charge in [0.1, 0.15) is 10.5 Å². The molecule has 1 saturated heterocycles. The number of halogens is 1. The first-order valence-electron chi connectivity index (χ1n) is 10.9. The Morgan fingerprint density at radius 3 is 2.73 bits per heavy atom. The quantitative estimate of drug-likeness (QED) is 0.426. The number of amides is 1. The van der Waals surface area contributed by atoms with Crippen LogP contribution in [0.4, 0.5) is 10.3 Å². The maximum Gasteiger partial charge on any atom is 0.270 e. The molecule has 33 heavy (non-hydrogen) atoms. The van der Waals surface area contributed by atoms with Crippen molar-refractivity contribution in [3.05, 3.63) is 68.2 Å². The summed E-state index contributed by atoms with van der Waals surface area (Å²) in [5.74, 6) is 0.171. The summed E-state index contributed by atoms with van der Waals surface area (Å²) in [6, 6.07) is 10.6. The molecule has 1 aliphatic rings. The van der Waals surface area contributed by atoms with E-state index in [0.29, 0.717) is 59.8 Å². The maximum atomic E-state index is 14.4. The molecule has 4 aromatic rings. The van der Waals surface area contributed by atoms with Crippen LogP contribution >= 0.6 is 22.7 Å². The summed E-state index contributed by atoms with van der Waals surface area (Å²) >= 11 is 2.96. The van der Waals surface area contributed by atoms with E-state index >= 15 is 0 Å². The Balaban J connectivity index is 1.27. The minimum atomic E-state index is -0.341. The van der Waals surface area contributed by atoms with Gasteiger partial charge in [0.2, 0.25) is 11.9 Å². The van der Waals surface area contributed by atoms with Crippen molar-refractivity contribution in [3.8, 4) is 11.1 Å². The number of nitrogens with one attached hydrogen (secondary N) is 2. The SMILES string of the molecule is O=C(NCCc1cccs1)C1CCN(c2nc3c(-c4ccccc4F)csc3c(=O)[nH]2)CC1. The van der Waals surface area contributed by atoms with Gasteiger partial charge in [0.25, 0.3) is 5.56 Å². The highest BCUT2D eigenvalue weighted by molar-refractivity contribution is 7.17. The number of H-pyrrole nitrogens is 1. The van der Waals surface area contributed by atoms with Crippen LogP contribution in [0.3, 0.4) is 0 Å². The summed E-state index contributed by atoms with van der Waals surface area (Å²) in [5.41, 5.74) is 1.35. The number of anilines is 1. The van der Waals surface area contributed by atoms with E-state index < -0.39 is 0 Å². The van der Waals surface area contributed by atoms with E-state index in [-0.39, 0.29) is 23.2 Å². The van der Waals surface area contributed by atoms with Crippen molar-refractivity contribution >= 4 is 44.7 Å². The third-order valence-electron chi connectivity index (χ3n) is 5.99. The van der Waals surface area contributed by atoms with Crippen molar-refractivity contribution in [1.82, 2.24) is 15.3 Å². The average Bonchev–Trinajstić information content (AvgIpc) is 3.50. The molecule has 0 radical (unpaired) electrons. The normalized spacial score (nSPS) is 14.6. The van der Waals surface area contributed by atoms with E-state index in [9.17, 15) is 14.0 Å². The predicted octanol–water partition coefficient (Wildman–Crippen LogP) is 4.43. The molecule has 1 amide bonds. The number of rotatable bonds is 6. The van der Waals surface area contributed by atoms with Crippen LogP contribution in [-0.2, 0) is 11.2 Å². The summed E-state index contributed by atoms with van der Waals surface area (Å²) in [6.07, 6.45) is 2.23. The Bertz CT molecular complexity index is 1320. The first-order valence-corrected chi connectivity index (χ1v) is 12.7. The summed E-state index contributed by atoms with van der Waals surface area (Å²) in [5, 5.41) is 6.87. The van der Waals surface area contributed by atoms with Crippen LogP contribution in [0, 0.1) is 11.7 Å². The molecular formula is C24H23FN4O2S2. The second-order valence-electron chi connectivity index (χ2n) is 8.08.